The summed E-state index contributed by atoms with van der Waals surface area (Å²) < 4.78 is 3.02. The first-order chi connectivity index (χ1) is 9.51. The van der Waals surface area contributed by atoms with Crippen molar-refractivity contribution in [1.82, 2.24) is 15.2 Å². The Morgan fingerprint density at radius 2 is 2.10 bits per heavy atom. The number of rotatable bonds is 5. The second-order valence-corrected chi connectivity index (χ2v) is 6.09. The molecule has 0 fully saturated rings. The summed E-state index contributed by atoms with van der Waals surface area (Å²) in [6.07, 6.45) is 1.78. The number of nitrogens with two attached hydrogens (primary N) is 1. The number of hydrogen-bond acceptors (Lipinski definition) is 3. The first kappa shape index (κ1) is 15.2. The van der Waals surface area contributed by atoms with E-state index in [1.54, 1.807) is 0 Å². The first-order valence-corrected chi connectivity index (χ1v) is 7.50. The van der Waals surface area contributed by atoms with Gasteiger partial charge in [-0.2, -0.15) is 5.10 Å². The van der Waals surface area contributed by atoms with Gasteiger partial charge in [0.25, 0.3) is 0 Å². The fraction of sp³-hybridized carbons (Fsp3) is 0.400. The van der Waals surface area contributed by atoms with E-state index < -0.39 is 0 Å². The summed E-state index contributed by atoms with van der Waals surface area (Å²) in [6.45, 7) is 4.15. The summed E-state index contributed by atoms with van der Waals surface area (Å²) in [5, 5.41) is 4.46. The molecule has 0 amide bonds. The summed E-state index contributed by atoms with van der Waals surface area (Å²) >= 11 is 3.50. The molecule has 20 heavy (non-hydrogen) atoms. The van der Waals surface area contributed by atoms with Gasteiger partial charge in [-0.05, 0) is 49.9 Å². The van der Waals surface area contributed by atoms with Crippen LogP contribution in [0.4, 0.5) is 0 Å². The summed E-state index contributed by atoms with van der Waals surface area (Å²) in [4.78, 5) is 0. The number of hydrogen-bond donors (Lipinski definition) is 2. The van der Waals surface area contributed by atoms with Crippen LogP contribution in [0.2, 0.25) is 0 Å². The van der Waals surface area contributed by atoms with E-state index in [0.717, 1.165) is 23.0 Å². The molecule has 4 nitrogen and oxygen atoms in total. The molecule has 1 aromatic carbocycles. The number of nitrogens with zero attached hydrogens (tertiary/aromatic N) is 2. The van der Waals surface area contributed by atoms with Crippen LogP contribution in [-0.2, 0) is 19.9 Å². The number of halogens is 1. The predicted molar refractivity (Wildman–Crippen MR) is 85.3 cm³/mol. The van der Waals surface area contributed by atoms with E-state index >= 15 is 0 Å². The zero-order chi connectivity index (χ0) is 14.7. The predicted octanol–water partition coefficient (Wildman–Crippen LogP) is 2.42. The van der Waals surface area contributed by atoms with E-state index in [0.29, 0.717) is 0 Å². The lowest BCUT2D eigenvalue weighted by molar-refractivity contribution is 0.520. The van der Waals surface area contributed by atoms with E-state index in [4.69, 9.17) is 5.84 Å². The molecular weight excluding hydrogens is 316 g/mol. The normalized spacial score (nSPS) is 12.7. The zero-order valence-corrected chi connectivity index (χ0v) is 13.7. The molecule has 3 N–H and O–H groups in total. The standard InChI is InChI=1S/C15H21BrN4/c1-10-15(11(2)20(3)19-10)9-14(18-17)8-12-5-4-6-13(16)7-12/h4-7,14,18H,8-9,17H2,1-3H3. The van der Waals surface area contributed by atoms with Gasteiger partial charge in [0.15, 0.2) is 0 Å². The Bertz CT molecular complexity index is 592. The fourth-order valence-corrected chi connectivity index (χ4v) is 2.94. The van der Waals surface area contributed by atoms with Crippen molar-refractivity contribution >= 4 is 15.9 Å². The monoisotopic (exact) mass is 336 g/mol. The molecule has 1 heterocycles. The molecule has 0 aliphatic rings. The van der Waals surface area contributed by atoms with Crippen molar-refractivity contribution in [2.45, 2.75) is 32.7 Å². The third-order valence-corrected chi connectivity index (χ3v) is 4.21. The van der Waals surface area contributed by atoms with Gasteiger partial charge in [-0.15, -0.1) is 0 Å². The van der Waals surface area contributed by atoms with Crippen LogP contribution < -0.4 is 11.3 Å². The van der Waals surface area contributed by atoms with Gasteiger partial charge in [0, 0.05) is 23.3 Å². The summed E-state index contributed by atoms with van der Waals surface area (Å²) in [5.41, 5.74) is 7.77. The molecule has 0 aliphatic heterocycles. The Kier molecular flexibility index (Phi) is 4.96. The highest BCUT2D eigenvalue weighted by atomic mass is 79.9. The van der Waals surface area contributed by atoms with Gasteiger partial charge in [-0.1, -0.05) is 28.1 Å². The molecule has 0 aliphatic carbocycles. The third kappa shape index (κ3) is 3.48. The third-order valence-electron chi connectivity index (χ3n) is 3.72. The number of hydrazine groups is 1. The molecule has 2 rings (SSSR count). The molecule has 0 bridgehead atoms. The second kappa shape index (κ2) is 6.52. The minimum Gasteiger partial charge on any atom is -0.272 e. The minimum absolute atomic E-state index is 0.200. The van der Waals surface area contributed by atoms with E-state index in [9.17, 15) is 0 Å². The quantitative estimate of drug-likeness (QED) is 0.651. The van der Waals surface area contributed by atoms with Crippen molar-refractivity contribution in [2.24, 2.45) is 12.9 Å². The van der Waals surface area contributed by atoms with Crippen molar-refractivity contribution in [2.75, 3.05) is 0 Å². The van der Waals surface area contributed by atoms with Crippen molar-refractivity contribution in [1.29, 1.82) is 0 Å². The van der Waals surface area contributed by atoms with E-state index in [1.165, 1.54) is 16.8 Å². The van der Waals surface area contributed by atoms with Crippen LogP contribution in [0.15, 0.2) is 28.7 Å². The summed E-state index contributed by atoms with van der Waals surface area (Å²) in [6, 6.07) is 8.54. The zero-order valence-electron chi connectivity index (χ0n) is 12.2. The van der Waals surface area contributed by atoms with Gasteiger partial charge < -0.3 is 0 Å². The van der Waals surface area contributed by atoms with Gasteiger partial charge >= 0.3 is 0 Å². The molecule has 0 saturated heterocycles. The Morgan fingerprint density at radius 3 is 2.65 bits per heavy atom. The lowest BCUT2D eigenvalue weighted by Crippen LogP contribution is -2.38. The molecule has 0 saturated carbocycles. The summed E-state index contributed by atoms with van der Waals surface area (Å²) in [7, 11) is 1.98. The Labute approximate surface area is 128 Å². The van der Waals surface area contributed by atoms with Gasteiger partial charge in [0.2, 0.25) is 0 Å². The van der Waals surface area contributed by atoms with Gasteiger partial charge in [-0.25, -0.2) is 0 Å². The smallest absolute Gasteiger partial charge is 0.0628 e. The highest BCUT2D eigenvalue weighted by Crippen LogP contribution is 2.17. The van der Waals surface area contributed by atoms with Crippen LogP contribution in [0.25, 0.3) is 0 Å². The lowest BCUT2D eigenvalue weighted by Gasteiger charge is -2.16. The van der Waals surface area contributed by atoms with Crippen LogP contribution in [0.3, 0.4) is 0 Å². The van der Waals surface area contributed by atoms with Crippen molar-refractivity contribution in [3.63, 3.8) is 0 Å². The maximum atomic E-state index is 5.72. The molecule has 1 aromatic heterocycles. The largest absolute Gasteiger partial charge is 0.272 e. The van der Waals surface area contributed by atoms with Crippen molar-refractivity contribution in [3.8, 4) is 0 Å². The topological polar surface area (TPSA) is 55.9 Å². The molecule has 1 atom stereocenters. The number of benzene rings is 1. The maximum absolute atomic E-state index is 5.72. The Balaban J connectivity index is 2.13. The fourth-order valence-electron chi connectivity index (χ4n) is 2.50. The molecule has 0 spiro atoms. The van der Waals surface area contributed by atoms with E-state index in [1.807, 2.05) is 23.9 Å². The summed E-state index contributed by atoms with van der Waals surface area (Å²) in [5.74, 6) is 5.72. The Morgan fingerprint density at radius 1 is 1.35 bits per heavy atom. The highest BCUT2D eigenvalue weighted by molar-refractivity contribution is 9.10. The Hall–Kier alpha value is -1.17. The van der Waals surface area contributed by atoms with Crippen molar-refractivity contribution in [3.05, 3.63) is 51.3 Å². The molecule has 1 unspecified atom stereocenters. The SMILES string of the molecule is Cc1nn(C)c(C)c1CC(Cc1cccc(Br)c1)NN. The average molecular weight is 337 g/mol. The van der Waals surface area contributed by atoms with Gasteiger partial charge in [-0.3, -0.25) is 16.0 Å². The number of nitrogens with one attached hydrogen (secondary N) is 1. The maximum Gasteiger partial charge on any atom is 0.0628 e. The first-order valence-electron chi connectivity index (χ1n) is 6.71. The lowest BCUT2D eigenvalue weighted by atomic mass is 9.98. The van der Waals surface area contributed by atoms with Crippen LogP contribution in [0.5, 0.6) is 0 Å². The number of aryl methyl sites for hydroxylation is 2. The molecular formula is C15H21BrN4. The van der Waals surface area contributed by atoms with Crippen LogP contribution >= 0.6 is 15.9 Å². The number of aromatic nitrogens is 2. The van der Waals surface area contributed by atoms with Crippen LogP contribution in [-0.4, -0.2) is 15.8 Å². The molecule has 5 heteroatoms. The second-order valence-electron chi connectivity index (χ2n) is 5.17. The van der Waals surface area contributed by atoms with Crippen molar-refractivity contribution < 1.29 is 0 Å². The molecule has 2 aromatic rings. The van der Waals surface area contributed by atoms with E-state index in [2.05, 4.69) is 52.4 Å². The minimum atomic E-state index is 0.200. The molecule has 108 valence electrons. The van der Waals surface area contributed by atoms with Crippen LogP contribution in [0, 0.1) is 13.8 Å². The van der Waals surface area contributed by atoms with E-state index in [-0.39, 0.29) is 6.04 Å². The van der Waals surface area contributed by atoms with Gasteiger partial charge in [0.1, 0.15) is 0 Å². The highest BCUT2D eigenvalue weighted by Gasteiger charge is 2.15. The molecule has 0 radical (unpaired) electrons. The average Bonchev–Trinajstić information content (AvgIpc) is 2.64. The van der Waals surface area contributed by atoms with Gasteiger partial charge in [0.05, 0.1) is 5.69 Å². The van der Waals surface area contributed by atoms with Crippen LogP contribution in [0.1, 0.15) is 22.5 Å².